The molecule has 1 aromatic carbocycles. The number of benzene rings is 1. The fourth-order valence-electron chi connectivity index (χ4n) is 8.39. The van der Waals surface area contributed by atoms with Crippen molar-refractivity contribution in [3.8, 4) is 0 Å². The van der Waals surface area contributed by atoms with Crippen LogP contribution in [0.4, 0.5) is 0 Å². The van der Waals surface area contributed by atoms with Crippen molar-refractivity contribution >= 4 is 23.6 Å². The molecule has 0 radical (unpaired) electrons. The Morgan fingerprint density at radius 3 is 0.697 bits per heavy atom. The summed E-state index contributed by atoms with van der Waals surface area (Å²) in [5, 5.41) is 12.0. The van der Waals surface area contributed by atoms with E-state index in [0.717, 1.165) is 103 Å². The Morgan fingerprint density at radius 2 is 0.470 bits per heavy atom. The normalized spacial score (nSPS) is 11.5. The van der Waals surface area contributed by atoms with Crippen molar-refractivity contribution in [1.29, 1.82) is 0 Å². The fourth-order valence-corrected chi connectivity index (χ4v) is 8.39. The van der Waals surface area contributed by atoms with E-state index in [1.54, 1.807) is 0 Å². The van der Waals surface area contributed by atoms with Crippen LogP contribution in [0.25, 0.3) is 0 Å². The van der Waals surface area contributed by atoms with Gasteiger partial charge in [-0.05, 0) is 89.2 Å². The Bertz CT molecular complexity index is 1320. The topological polar surface area (TPSA) is 116 Å². The monoisotopic (exact) mass is 919 g/mol. The minimum atomic E-state index is -0.401. The average molecular weight is 919 g/mol. The quantitative estimate of drug-likeness (QED) is 0.0385. The summed E-state index contributed by atoms with van der Waals surface area (Å²) in [6.07, 6.45) is 51.4. The first kappa shape index (κ1) is 60.6. The fraction of sp³-hybridized carbons (Fsp3) is 0.759. The zero-order valence-corrected chi connectivity index (χ0v) is 43.4. The van der Waals surface area contributed by atoms with Gasteiger partial charge >= 0.3 is 0 Å². The van der Waals surface area contributed by atoms with Gasteiger partial charge in [-0.2, -0.15) is 0 Å². The molecular formula is C58H102N4O4. The zero-order valence-electron chi connectivity index (χ0n) is 43.4. The molecule has 4 amide bonds. The minimum absolute atomic E-state index is 0.130. The lowest BCUT2D eigenvalue weighted by Gasteiger charge is -2.17. The van der Waals surface area contributed by atoms with E-state index in [-0.39, 0.29) is 22.3 Å². The highest BCUT2D eigenvalue weighted by atomic mass is 16.2. The third-order valence-corrected chi connectivity index (χ3v) is 12.7. The van der Waals surface area contributed by atoms with Gasteiger partial charge < -0.3 is 21.3 Å². The van der Waals surface area contributed by atoms with Crippen LogP contribution in [0.15, 0.2) is 36.4 Å². The molecular weight excluding hydrogens is 817 g/mol. The average Bonchev–Trinajstić information content (AvgIpc) is 3.32. The van der Waals surface area contributed by atoms with Gasteiger partial charge in [-0.25, -0.2) is 0 Å². The first-order valence-corrected chi connectivity index (χ1v) is 28.0. The molecule has 0 aliphatic carbocycles. The van der Waals surface area contributed by atoms with Crippen molar-refractivity contribution in [3.05, 3.63) is 58.7 Å². The molecule has 0 atom stereocenters. The largest absolute Gasteiger partial charge is 0.352 e. The van der Waals surface area contributed by atoms with Crippen LogP contribution in [0.5, 0.6) is 0 Å². The van der Waals surface area contributed by atoms with E-state index in [9.17, 15) is 19.2 Å². The number of carbonyl (C=O) groups is 4. The molecule has 8 nitrogen and oxygen atoms in total. The lowest BCUT2D eigenvalue weighted by atomic mass is 9.95. The van der Waals surface area contributed by atoms with E-state index in [1.807, 2.05) is 0 Å². The maximum absolute atomic E-state index is 13.9. The van der Waals surface area contributed by atoms with Crippen LogP contribution < -0.4 is 21.3 Å². The van der Waals surface area contributed by atoms with Crippen LogP contribution in [-0.4, -0.2) is 49.8 Å². The molecule has 0 fully saturated rings. The van der Waals surface area contributed by atoms with Gasteiger partial charge in [0.25, 0.3) is 23.6 Å². The molecule has 1 rings (SSSR count). The Hall–Kier alpha value is -3.42. The maximum atomic E-state index is 13.9. The SMILES string of the molecule is CCCCCCCC/C=C\CCCCCCCCNC(=O)c1cc(C(=O)NCCCCCCCC/C=C\CCCCCCCC)c(C(=O)NCCCCCC)cc1C(=O)NCCCCCC. The molecule has 0 aliphatic rings. The molecule has 378 valence electrons. The van der Waals surface area contributed by atoms with Gasteiger partial charge in [0.1, 0.15) is 0 Å². The number of unbranched alkanes of at least 4 members (excludes halogenated alkanes) is 30. The van der Waals surface area contributed by atoms with Crippen LogP contribution in [0, 0.1) is 0 Å². The summed E-state index contributed by atoms with van der Waals surface area (Å²) >= 11 is 0. The number of nitrogens with one attached hydrogen (secondary N) is 4. The van der Waals surface area contributed by atoms with Gasteiger partial charge in [0.15, 0.2) is 0 Å². The zero-order chi connectivity index (χ0) is 48.0. The third-order valence-electron chi connectivity index (χ3n) is 12.7. The summed E-state index contributed by atoms with van der Waals surface area (Å²) in [7, 11) is 0. The smallest absolute Gasteiger partial charge is 0.252 e. The van der Waals surface area contributed by atoms with Crippen molar-refractivity contribution < 1.29 is 19.2 Å². The minimum Gasteiger partial charge on any atom is -0.352 e. The van der Waals surface area contributed by atoms with E-state index >= 15 is 0 Å². The second kappa shape index (κ2) is 45.4. The molecule has 4 N–H and O–H groups in total. The second-order valence-electron chi connectivity index (χ2n) is 19.0. The van der Waals surface area contributed by atoms with Gasteiger partial charge in [-0.15, -0.1) is 0 Å². The van der Waals surface area contributed by atoms with Crippen LogP contribution in [-0.2, 0) is 0 Å². The molecule has 0 unspecified atom stereocenters. The first-order chi connectivity index (χ1) is 32.4. The van der Waals surface area contributed by atoms with E-state index in [0.29, 0.717) is 26.2 Å². The van der Waals surface area contributed by atoms with Gasteiger partial charge in [0.2, 0.25) is 0 Å². The number of allylic oxidation sites excluding steroid dienone is 4. The summed E-state index contributed by atoms with van der Waals surface area (Å²) < 4.78 is 0. The van der Waals surface area contributed by atoms with Gasteiger partial charge in [0.05, 0.1) is 22.3 Å². The summed E-state index contributed by atoms with van der Waals surface area (Å²) in [5.74, 6) is -1.59. The summed E-state index contributed by atoms with van der Waals surface area (Å²) in [4.78, 5) is 55.2. The van der Waals surface area contributed by atoms with Crippen LogP contribution in [0.3, 0.4) is 0 Å². The number of hydrogen-bond donors (Lipinski definition) is 4. The Balaban J connectivity index is 2.82. The Kier molecular flexibility index (Phi) is 41.7. The van der Waals surface area contributed by atoms with Gasteiger partial charge in [-0.3, -0.25) is 19.2 Å². The van der Waals surface area contributed by atoms with E-state index in [2.05, 4.69) is 73.3 Å². The van der Waals surface area contributed by atoms with E-state index in [1.165, 1.54) is 141 Å². The standard InChI is InChI=1S/C58H102N4O4/c1-5-9-13-17-19-21-23-25-27-29-31-33-35-37-39-43-47-61-57(65)53-50-54(58(66)62-48-44-40-38-36-34-32-30-28-26-24-22-20-18-14-10-6-2)52(56(64)60-46-42-16-12-8-4)49-51(53)55(63)59-45-41-15-11-7-3/h25-28,49-50H,5-24,29-48H2,1-4H3,(H,59,63)(H,60,64)(H,61,65)(H,62,66)/b27-25-,28-26-. The van der Waals surface area contributed by atoms with Crippen molar-refractivity contribution in [2.75, 3.05) is 26.2 Å². The molecule has 0 aliphatic heterocycles. The lowest BCUT2D eigenvalue weighted by molar-refractivity contribution is 0.0907. The molecule has 0 spiro atoms. The first-order valence-electron chi connectivity index (χ1n) is 28.0. The second-order valence-corrected chi connectivity index (χ2v) is 19.0. The molecule has 0 saturated carbocycles. The number of hydrogen-bond acceptors (Lipinski definition) is 4. The molecule has 0 bridgehead atoms. The molecule has 66 heavy (non-hydrogen) atoms. The number of amides is 4. The van der Waals surface area contributed by atoms with Crippen molar-refractivity contribution in [1.82, 2.24) is 21.3 Å². The van der Waals surface area contributed by atoms with Crippen LogP contribution in [0.1, 0.15) is 300 Å². The van der Waals surface area contributed by atoms with Gasteiger partial charge in [0, 0.05) is 26.2 Å². The predicted molar refractivity (Wildman–Crippen MR) is 283 cm³/mol. The summed E-state index contributed by atoms with van der Waals surface area (Å²) in [6.45, 7) is 10.7. The molecule has 8 heteroatoms. The van der Waals surface area contributed by atoms with Gasteiger partial charge in [-0.1, -0.05) is 206 Å². The highest BCUT2D eigenvalue weighted by Crippen LogP contribution is 2.20. The van der Waals surface area contributed by atoms with Crippen molar-refractivity contribution in [3.63, 3.8) is 0 Å². The van der Waals surface area contributed by atoms with E-state index in [4.69, 9.17) is 0 Å². The number of rotatable bonds is 46. The molecule has 1 aromatic rings. The maximum Gasteiger partial charge on any atom is 0.252 e. The van der Waals surface area contributed by atoms with Crippen LogP contribution >= 0.6 is 0 Å². The molecule has 0 aromatic heterocycles. The molecule has 0 heterocycles. The molecule has 0 saturated heterocycles. The Labute approximate surface area is 406 Å². The number of carbonyl (C=O) groups excluding carboxylic acids is 4. The van der Waals surface area contributed by atoms with Crippen molar-refractivity contribution in [2.45, 2.75) is 259 Å². The third kappa shape index (κ3) is 33.1. The lowest BCUT2D eigenvalue weighted by Crippen LogP contribution is -2.34. The van der Waals surface area contributed by atoms with Crippen LogP contribution in [0.2, 0.25) is 0 Å². The summed E-state index contributed by atoms with van der Waals surface area (Å²) in [5.41, 5.74) is 0.523. The Morgan fingerprint density at radius 1 is 0.288 bits per heavy atom. The van der Waals surface area contributed by atoms with E-state index < -0.39 is 23.6 Å². The predicted octanol–water partition coefficient (Wildman–Crippen LogP) is 15.8. The highest BCUT2D eigenvalue weighted by Gasteiger charge is 2.26. The highest BCUT2D eigenvalue weighted by molar-refractivity contribution is 6.14. The van der Waals surface area contributed by atoms with Crippen molar-refractivity contribution in [2.24, 2.45) is 0 Å². The summed E-state index contributed by atoms with van der Waals surface area (Å²) in [6, 6.07) is 2.95.